The summed E-state index contributed by atoms with van der Waals surface area (Å²) >= 11 is 0. The molecule has 2 fully saturated rings. The monoisotopic (exact) mass is 290 g/mol. The average Bonchev–Trinajstić information content (AvgIpc) is 2.56. The van der Waals surface area contributed by atoms with Crippen LogP contribution < -0.4 is 5.32 Å². The van der Waals surface area contributed by atoms with E-state index in [9.17, 15) is 14.4 Å². The minimum Gasteiger partial charge on any atom is -0.336 e. The van der Waals surface area contributed by atoms with Gasteiger partial charge in [0.15, 0.2) is 0 Å². The molecule has 0 aromatic heterocycles. The Morgan fingerprint density at radius 2 is 2.11 bits per heavy atom. The van der Waals surface area contributed by atoms with E-state index in [2.05, 4.69) is 5.32 Å². The second kappa shape index (κ2) is 6.21. The predicted octanol–water partition coefficient (Wildman–Crippen LogP) is -0.877. The number of hydrogen-bond acceptors (Lipinski definition) is 4. The summed E-state index contributed by atoms with van der Waals surface area (Å²) in [5.41, 5.74) is 0. The lowest BCUT2D eigenvalue weighted by Gasteiger charge is -2.34. The van der Waals surface area contributed by atoms with Crippen LogP contribution in [0.3, 0.4) is 0 Å². The minimum atomic E-state index is -0.392. The maximum Gasteiger partial charge on any atom is 0.327 e. The van der Waals surface area contributed by atoms with E-state index in [4.69, 9.17) is 0 Å². The number of carbonyl (C=O) groups excluding carboxylic acids is 3. The molecule has 0 aliphatic carbocycles. The number of likely N-dealkylation sites (N-methyl/N-ethyl adjacent to an activating group) is 1. The van der Waals surface area contributed by atoms with Crippen LogP contribution in [0.5, 0.6) is 0 Å². The van der Waals surface area contributed by atoms with Crippen molar-refractivity contribution in [2.24, 2.45) is 0 Å². The Hall–Kier alpha value is -1.34. The molecule has 0 radical (unpaired) electrons. The van der Waals surface area contributed by atoms with Gasteiger partial charge in [0.2, 0.25) is 5.91 Å². The molecule has 0 aromatic rings. The van der Waals surface area contributed by atoms with Gasteiger partial charge in [-0.15, -0.1) is 12.4 Å². The Labute approximate surface area is 118 Å². The Kier molecular flexibility index (Phi) is 5.13. The maximum absolute atomic E-state index is 12.1. The zero-order chi connectivity index (χ0) is 13.3. The third kappa shape index (κ3) is 3.16. The lowest BCUT2D eigenvalue weighted by atomic mass is 10.2. The summed E-state index contributed by atoms with van der Waals surface area (Å²) in [4.78, 5) is 39.4. The maximum atomic E-state index is 12.1. The van der Waals surface area contributed by atoms with Crippen molar-refractivity contribution in [1.29, 1.82) is 0 Å². The summed E-state index contributed by atoms with van der Waals surface area (Å²) in [6.07, 6.45) is 0. The van der Waals surface area contributed by atoms with Crippen LogP contribution in [0, 0.1) is 0 Å². The zero-order valence-corrected chi connectivity index (χ0v) is 11.9. The van der Waals surface area contributed by atoms with Crippen LogP contribution >= 0.6 is 12.4 Å². The number of nitrogens with zero attached hydrogens (tertiary/aromatic N) is 3. The summed E-state index contributed by atoms with van der Waals surface area (Å²) < 4.78 is 0. The first-order valence-electron chi connectivity index (χ1n) is 6.06. The minimum absolute atomic E-state index is 0. The molecule has 2 aliphatic heterocycles. The number of rotatable bonds is 2. The summed E-state index contributed by atoms with van der Waals surface area (Å²) in [6.45, 7) is 3.97. The van der Waals surface area contributed by atoms with Gasteiger partial charge in [0.1, 0.15) is 13.1 Å². The Morgan fingerprint density at radius 3 is 2.63 bits per heavy atom. The molecule has 2 rings (SSSR count). The van der Waals surface area contributed by atoms with E-state index < -0.39 is 6.03 Å². The highest BCUT2D eigenvalue weighted by molar-refractivity contribution is 6.04. The van der Waals surface area contributed by atoms with Crippen molar-refractivity contribution in [2.45, 2.75) is 13.0 Å². The molecule has 1 atom stereocenters. The van der Waals surface area contributed by atoms with Crippen LogP contribution in [0.15, 0.2) is 0 Å². The van der Waals surface area contributed by atoms with E-state index in [1.54, 1.807) is 11.9 Å². The number of halogens is 1. The van der Waals surface area contributed by atoms with Crippen molar-refractivity contribution in [3.05, 3.63) is 0 Å². The van der Waals surface area contributed by atoms with Gasteiger partial charge in [-0.05, 0) is 6.92 Å². The molecule has 0 aromatic carbocycles. The molecule has 4 amide bonds. The van der Waals surface area contributed by atoms with Crippen LogP contribution in [0.2, 0.25) is 0 Å². The third-order valence-electron chi connectivity index (χ3n) is 3.35. The molecular formula is C11H19ClN4O3. The lowest BCUT2D eigenvalue weighted by molar-refractivity contribution is -0.138. The Bertz CT molecular complexity index is 390. The van der Waals surface area contributed by atoms with Crippen LogP contribution in [-0.4, -0.2) is 78.4 Å². The number of amides is 4. The SMILES string of the molecule is C[C@@H]1CNCCN1C(=O)CN1C(=O)CN(C)C1=O.Cl. The molecule has 2 saturated heterocycles. The second-order valence-corrected chi connectivity index (χ2v) is 4.76. The first kappa shape index (κ1) is 15.7. The van der Waals surface area contributed by atoms with E-state index in [-0.39, 0.29) is 43.4 Å². The van der Waals surface area contributed by atoms with Crippen LogP contribution in [-0.2, 0) is 9.59 Å². The molecule has 7 nitrogen and oxygen atoms in total. The molecule has 0 spiro atoms. The van der Waals surface area contributed by atoms with Gasteiger partial charge in [0, 0.05) is 32.7 Å². The summed E-state index contributed by atoms with van der Waals surface area (Å²) in [7, 11) is 1.55. The molecule has 8 heteroatoms. The van der Waals surface area contributed by atoms with Crippen LogP contribution in [0.25, 0.3) is 0 Å². The molecule has 0 saturated carbocycles. The second-order valence-electron chi connectivity index (χ2n) is 4.76. The number of piperazine rings is 1. The van der Waals surface area contributed by atoms with Crippen molar-refractivity contribution >= 4 is 30.3 Å². The van der Waals surface area contributed by atoms with Crippen molar-refractivity contribution in [1.82, 2.24) is 20.0 Å². The fraction of sp³-hybridized carbons (Fsp3) is 0.727. The van der Waals surface area contributed by atoms with E-state index >= 15 is 0 Å². The lowest BCUT2D eigenvalue weighted by Crippen LogP contribution is -2.55. The van der Waals surface area contributed by atoms with Gasteiger partial charge in [-0.3, -0.25) is 14.5 Å². The fourth-order valence-electron chi connectivity index (χ4n) is 2.26. The standard InChI is InChI=1S/C11H18N4O3.ClH/c1-8-5-12-3-4-14(8)10(17)7-15-9(16)6-13(2)11(15)18;/h8,12H,3-7H2,1-2H3;1H/t8-;/m1./s1. The number of imide groups is 1. The highest BCUT2D eigenvalue weighted by atomic mass is 35.5. The quantitative estimate of drug-likeness (QED) is 0.671. The van der Waals surface area contributed by atoms with Gasteiger partial charge in [-0.2, -0.15) is 0 Å². The third-order valence-corrected chi connectivity index (χ3v) is 3.35. The average molecular weight is 291 g/mol. The van der Waals surface area contributed by atoms with E-state index in [0.717, 1.165) is 18.0 Å². The number of nitrogens with one attached hydrogen (secondary N) is 1. The van der Waals surface area contributed by atoms with Crippen molar-refractivity contribution in [3.63, 3.8) is 0 Å². The highest BCUT2D eigenvalue weighted by Gasteiger charge is 2.36. The van der Waals surface area contributed by atoms with Gasteiger partial charge in [0.05, 0.1) is 0 Å². The molecule has 108 valence electrons. The summed E-state index contributed by atoms with van der Waals surface area (Å²) in [5, 5.41) is 3.19. The van der Waals surface area contributed by atoms with Gasteiger partial charge in [-0.1, -0.05) is 0 Å². The molecule has 0 bridgehead atoms. The Morgan fingerprint density at radius 1 is 1.42 bits per heavy atom. The fourth-order valence-corrected chi connectivity index (χ4v) is 2.26. The summed E-state index contributed by atoms with van der Waals surface area (Å²) in [6, 6.07) is -0.298. The first-order valence-corrected chi connectivity index (χ1v) is 6.06. The molecular weight excluding hydrogens is 272 g/mol. The van der Waals surface area contributed by atoms with Crippen molar-refractivity contribution < 1.29 is 14.4 Å². The molecule has 2 heterocycles. The van der Waals surface area contributed by atoms with Gasteiger partial charge in [0.25, 0.3) is 5.91 Å². The highest BCUT2D eigenvalue weighted by Crippen LogP contribution is 2.10. The van der Waals surface area contributed by atoms with Crippen molar-refractivity contribution in [2.75, 3.05) is 39.8 Å². The van der Waals surface area contributed by atoms with E-state index in [1.165, 1.54) is 4.90 Å². The summed E-state index contributed by atoms with van der Waals surface area (Å²) in [5.74, 6) is -0.473. The van der Waals surface area contributed by atoms with Crippen LogP contribution in [0.4, 0.5) is 4.79 Å². The molecule has 1 N–H and O–H groups in total. The van der Waals surface area contributed by atoms with Crippen LogP contribution in [0.1, 0.15) is 6.92 Å². The number of hydrogen-bond donors (Lipinski definition) is 1. The normalized spacial score (nSPS) is 23.7. The zero-order valence-electron chi connectivity index (χ0n) is 11.1. The molecule has 19 heavy (non-hydrogen) atoms. The van der Waals surface area contributed by atoms with E-state index in [1.807, 2.05) is 6.92 Å². The number of carbonyl (C=O) groups is 3. The number of urea groups is 1. The predicted molar refractivity (Wildman–Crippen MR) is 71.0 cm³/mol. The van der Waals surface area contributed by atoms with E-state index in [0.29, 0.717) is 6.54 Å². The smallest absolute Gasteiger partial charge is 0.327 e. The van der Waals surface area contributed by atoms with Gasteiger partial charge >= 0.3 is 6.03 Å². The van der Waals surface area contributed by atoms with Gasteiger partial charge < -0.3 is 15.1 Å². The van der Waals surface area contributed by atoms with Crippen molar-refractivity contribution in [3.8, 4) is 0 Å². The first-order chi connectivity index (χ1) is 8.50. The van der Waals surface area contributed by atoms with Gasteiger partial charge in [-0.25, -0.2) is 4.79 Å². The topological polar surface area (TPSA) is 73.0 Å². The largest absolute Gasteiger partial charge is 0.336 e. The molecule has 0 unspecified atom stereocenters. The molecule has 2 aliphatic rings. The Balaban J connectivity index is 0.00000180.